The summed E-state index contributed by atoms with van der Waals surface area (Å²) in [7, 11) is 0. The third kappa shape index (κ3) is 4.19. The quantitative estimate of drug-likeness (QED) is 0.832. The van der Waals surface area contributed by atoms with Crippen molar-refractivity contribution in [3.63, 3.8) is 0 Å². The van der Waals surface area contributed by atoms with Gasteiger partial charge in [0.05, 0.1) is 6.10 Å². The zero-order valence-electron chi connectivity index (χ0n) is 11.9. The molecule has 1 aromatic carbocycles. The number of halogens is 1. The van der Waals surface area contributed by atoms with E-state index in [0.717, 1.165) is 23.2 Å². The van der Waals surface area contributed by atoms with E-state index in [2.05, 4.69) is 35.1 Å². The molecule has 1 aromatic rings. The summed E-state index contributed by atoms with van der Waals surface area (Å²) in [5.41, 5.74) is -0.0588. The van der Waals surface area contributed by atoms with Gasteiger partial charge in [-0.1, -0.05) is 22.0 Å². The monoisotopic (exact) mass is 343 g/mol. The van der Waals surface area contributed by atoms with Gasteiger partial charge in [0.15, 0.2) is 0 Å². The lowest BCUT2D eigenvalue weighted by atomic mass is 9.94. The van der Waals surface area contributed by atoms with Crippen LogP contribution in [0.1, 0.15) is 20.3 Å². The second kappa shape index (κ2) is 6.89. The average Bonchev–Trinajstić information content (AvgIpc) is 2.75. The summed E-state index contributed by atoms with van der Waals surface area (Å²) >= 11 is 3.39. The Morgan fingerprint density at radius 1 is 1.60 bits per heavy atom. The fourth-order valence-corrected chi connectivity index (χ4v) is 2.60. The van der Waals surface area contributed by atoms with E-state index in [4.69, 9.17) is 9.47 Å². The normalized spacial score (nSPS) is 27.5. The minimum atomic E-state index is -0.543. The highest BCUT2D eigenvalue weighted by Gasteiger charge is 2.36. The predicted molar refractivity (Wildman–Crippen MR) is 82.1 cm³/mol. The van der Waals surface area contributed by atoms with E-state index in [1.807, 2.05) is 24.3 Å². The van der Waals surface area contributed by atoms with Gasteiger partial charge in [-0.3, -0.25) is 0 Å². The van der Waals surface area contributed by atoms with Gasteiger partial charge in [0.2, 0.25) is 0 Å². The fraction of sp³-hybridized carbons (Fsp3) is 0.600. The molecule has 0 radical (unpaired) electrons. The van der Waals surface area contributed by atoms with Crippen molar-refractivity contribution in [2.75, 3.05) is 19.8 Å². The Balaban J connectivity index is 1.74. The molecule has 1 saturated heterocycles. The van der Waals surface area contributed by atoms with Gasteiger partial charge < -0.3 is 19.9 Å². The first-order valence-corrected chi connectivity index (χ1v) is 7.72. The molecule has 0 aliphatic carbocycles. The molecular formula is C15H22BrNO3. The highest BCUT2D eigenvalue weighted by atomic mass is 79.9. The number of benzene rings is 1. The molecule has 0 bridgehead atoms. The van der Waals surface area contributed by atoms with Gasteiger partial charge in [-0.05, 0) is 38.5 Å². The minimum Gasteiger partial charge on any atom is -0.491 e. The SMILES string of the molecule is CC1OCCC1(C)NCC(O)COc1cccc(Br)c1. The largest absolute Gasteiger partial charge is 0.491 e. The number of ether oxygens (including phenoxy) is 2. The topological polar surface area (TPSA) is 50.7 Å². The first-order valence-electron chi connectivity index (χ1n) is 6.93. The van der Waals surface area contributed by atoms with Crippen LogP contribution in [0.5, 0.6) is 5.75 Å². The number of aliphatic hydroxyl groups excluding tert-OH is 1. The van der Waals surface area contributed by atoms with Gasteiger partial charge in [0.25, 0.3) is 0 Å². The Hall–Kier alpha value is -0.620. The second-order valence-electron chi connectivity index (χ2n) is 5.48. The predicted octanol–water partition coefficient (Wildman–Crippen LogP) is 2.35. The van der Waals surface area contributed by atoms with E-state index in [-0.39, 0.29) is 18.2 Å². The summed E-state index contributed by atoms with van der Waals surface area (Å²) in [5.74, 6) is 0.752. The van der Waals surface area contributed by atoms with E-state index in [1.165, 1.54) is 0 Å². The highest BCUT2D eigenvalue weighted by molar-refractivity contribution is 9.10. The molecule has 3 atom stereocenters. The van der Waals surface area contributed by atoms with Gasteiger partial charge in [0.1, 0.15) is 18.5 Å². The van der Waals surface area contributed by atoms with Crippen LogP contribution in [0.25, 0.3) is 0 Å². The second-order valence-corrected chi connectivity index (χ2v) is 6.40. The minimum absolute atomic E-state index is 0.0588. The van der Waals surface area contributed by atoms with E-state index >= 15 is 0 Å². The Morgan fingerprint density at radius 2 is 2.40 bits per heavy atom. The molecule has 5 heteroatoms. The van der Waals surface area contributed by atoms with Crippen molar-refractivity contribution in [1.82, 2.24) is 5.32 Å². The zero-order chi connectivity index (χ0) is 14.6. The number of β-amino-alcohol motifs (C(OH)–C–C–N with tert-alkyl or cyclic N) is 1. The van der Waals surface area contributed by atoms with Crippen LogP contribution in [0.4, 0.5) is 0 Å². The maximum absolute atomic E-state index is 10.0. The Labute approximate surface area is 128 Å². The summed E-state index contributed by atoms with van der Waals surface area (Å²) in [5, 5.41) is 13.4. The van der Waals surface area contributed by atoms with Crippen molar-refractivity contribution in [1.29, 1.82) is 0 Å². The van der Waals surface area contributed by atoms with E-state index in [9.17, 15) is 5.11 Å². The van der Waals surface area contributed by atoms with E-state index < -0.39 is 6.10 Å². The van der Waals surface area contributed by atoms with Crippen molar-refractivity contribution in [3.05, 3.63) is 28.7 Å². The summed E-state index contributed by atoms with van der Waals surface area (Å²) in [6.45, 7) is 5.74. The van der Waals surface area contributed by atoms with Crippen LogP contribution in [0.3, 0.4) is 0 Å². The average molecular weight is 344 g/mol. The van der Waals surface area contributed by atoms with Crippen LogP contribution < -0.4 is 10.1 Å². The number of hydrogen-bond acceptors (Lipinski definition) is 4. The molecule has 0 spiro atoms. The molecule has 1 aliphatic heterocycles. The van der Waals surface area contributed by atoms with Gasteiger partial charge >= 0.3 is 0 Å². The molecule has 4 nitrogen and oxygen atoms in total. The highest BCUT2D eigenvalue weighted by Crippen LogP contribution is 2.25. The Kier molecular flexibility index (Phi) is 5.43. The Bertz CT molecular complexity index is 443. The van der Waals surface area contributed by atoms with Crippen LogP contribution >= 0.6 is 15.9 Å². The molecule has 1 fully saturated rings. The van der Waals surface area contributed by atoms with Gasteiger partial charge in [-0.25, -0.2) is 0 Å². The summed E-state index contributed by atoms with van der Waals surface area (Å²) < 4.78 is 12.1. The summed E-state index contributed by atoms with van der Waals surface area (Å²) in [6.07, 6.45) is 0.590. The molecule has 2 rings (SSSR count). The van der Waals surface area contributed by atoms with Crippen molar-refractivity contribution in [2.24, 2.45) is 0 Å². The van der Waals surface area contributed by atoms with Crippen LogP contribution in [-0.4, -0.2) is 42.6 Å². The van der Waals surface area contributed by atoms with Crippen molar-refractivity contribution >= 4 is 15.9 Å². The lowest BCUT2D eigenvalue weighted by molar-refractivity contribution is 0.0686. The molecule has 0 saturated carbocycles. The van der Waals surface area contributed by atoms with Gasteiger partial charge in [0, 0.05) is 23.2 Å². The van der Waals surface area contributed by atoms with Gasteiger partial charge in [-0.2, -0.15) is 0 Å². The number of nitrogens with one attached hydrogen (secondary N) is 1. The number of aliphatic hydroxyl groups is 1. The molecule has 0 aromatic heterocycles. The number of hydrogen-bond donors (Lipinski definition) is 2. The lowest BCUT2D eigenvalue weighted by Gasteiger charge is -2.30. The van der Waals surface area contributed by atoms with E-state index in [0.29, 0.717) is 6.54 Å². The fourth-order valence-electron chi connectivity index (χ4n) is 2.23. The first kappa shape index (κ1) is 15.8. The van der Waals surface area contributed by atoms with E-state index in [1.54, 1.807) is 0 Å². The van der Waals surface area contributed by atoms with Crippen molar-refractivity contribution in [2.45, 2.75) is 38.0 Å². The molecule has 1 aliphatic rings. The molecule has 3 unspecified atom stereocenters. The number of rotatable bonds is 6. The van der Waals surface area contributed by atoms with Crippen molar-refractivity contribution in [3.8, 4) is 5.75 Å². The Morgan fingerprint density at radius 3 is 3.05 bits per heavy atom. The maximum atomic E-state index is 10.0. The van der Waals surface area contributed by atoms with Gasteiger partial charge in [-0.15, -0.1) is 0 Å². The van der Waals surface area contributed by atoms with Crippen LogP contribution in [0, 0.1) is 0 Å². The van der Waals surface area contributed by atoms with Crippen molar-refractivity contribution < 1.29 is 14.6 Å². The molecule has 2 N–H and O–H groups in total. The molecule has 1 heterocycles. The molecular weight excluding hydrogens is 322 g/mol. The molecule has 0 amide bonds. The van der Waals surface area contributed by atoms with Crippen LogP contribution in [0.15, 0.2) is 28.7 Å². The standard InChI is InChI=1S/C15H22BrNO3/c1-11-15(2,6-7-19-11)17-9-13(18)10-20-14-5-3-4-12(16)8-14/h3-5,8,11,13,17-18H,6-7,9-10H2,1-2H3. The summed E-state index contributed by atoms with van der Waals surface area (Å²) in [4.78, 5) is 0. The molecule has 20 heavy (non-hydrogen) atoms. The van der Waals surface area contributed by atoms with Crippen LogP contribution in [-0.2, 0) is 4.74 Å². The molecule has 112 valence electrons. The third-order valence-electron chi connectivity index (χ3n) is 3.87. The smallest absolute Gasteiger partial charge is 0.120 e. The third-order valence-corrected chi connectivity index (χ3v) is 4.36. The first-order chi connectivity index (χ1) is 9.49. The maximum Gasteiger partial charge on any atom is 0.120 e. The lowest BCUT2D eigenvalue weighted by Crippen LogP contribution is -2.51. The zero-order valence-corrected chi connectivity index (χ0v) is 13.5. The van der Waals surface area contributed by atoms with Crippen LogP contribution in [0.2, 0.25) is 0 Å². The summed E-state index contributed by atoms with van der Waals surface area (Å²) in [6, 6.07) is 7.60.